The normalized spacial score (nSPS) is 23.1. The highest BCUT2D eigenvalue weighted by molar-refractivity contribution is 7.99. The molecule has 1 unspecified atom stereocenters. The molecule has 2 fully saturated rings. The largest absolute Gasteiger partial charge is 0.356 e. The van der Waals surface area contributed by atoms with Gasteiger partial charge in [-0.05, 0) is 36.5 Å². The number of H-pyrrole nitrogens is 1. The van der Waals surface area contributed by atoms with E-state index in [1.165, 1.54) is 11.5 Å². The minimum absolute atomic E-state index is 0.0664. The third kappa shape index (κ3) is 3.60. The SMILES string of the molecule is CCSc1nsc(NC(=O)N2C[C@H]3CC(N(C)c4ncnc5[nH]ccc45)C[C@H]3C2)n1. The second-order valence-corrected chi connectivity index (χ2v) is 9.83. The van der Waals surface area contributed by atoms with Crippen LogP contribution < -0.4 is 10.2 Å². The first-order valence-corrected chi connectivity index (χ1v) is 11.9. The van der Waals surface area contributed by atoms with E-state index in [1.54, 1.807) is 18.1 Å². The molecule has 2 N–H and O–H groups in total. The van der Waals surface area contributed by atoms with Crippen molar-refractivity contribution < 1.29 is 4.79 Å². The van der Waals surface area contributed by atoms with E-state index < -0.39 is 0 Å². The third-order valence-electron chi connectivity index (χ3n) is 6.12. The fourth-order valence-electron chi connectivity index (χ4n) is 4.68. The summed E-state index contributed by atoms with van der Waals surface area (Å²) >= 11 is 2.82. The maximum atomic E-state index is 12.7. The minimum Gasteiger partial charge on any atom is -0.356 e. The van der Waals surface area contributed by atoms with E-state index in [0.29, 0.717) is 23.0 Å². The summed E-state index contributed by atoms with van der Waals surface area (Å²) in [6.45, 7) is 3.64. The number of fused-ring (bicyclic) bond motifs is 2. The minimum atomic E-state index is -0.0664. The summed E-state index contributed by atoms with van der Waals surface area (Å²) < 4.78 is 4.26. The van der Waals surface area contributed by atoms with Gasteiger partial charge in [-0.3, -0.25) is 5.32 Å². The van der Waals surface area contributed by atoms with E-state index in [0.717, 1.165) is 53.7 Å². The van der Waals surface area contributed by atoms with Crippen LogP contribution in [0.2, 0.25) is 0 Å². The van der Waals surface area contributed by atoms with E-state index in [2.05, 4.69) is 48.5 Å². The molecule has 0 radical (unpaired) electrons. The van der Waals surface area contributed by atoms with Crippen molar-refractivity contribution in [2.75, 3.05) is 36.1 Å². The molecule has 2 aliphatic rings. The lowest BCUT2D eigenvalue weighted by molar-refractivity contribution is 0.218. The molecule has 1 saturated carbocycles. The molecule has 0 bridgehead atoms. The number of urea groups is 1. The van der Waals surface area contributed by atoms with Crippen LogP contribution in [0, 0.1) is 11.8 Å². The van der Waals surface area contributed by atoms with E-state index in [9.17, 15) is 4.79 Å². The Morgan fingerprint density at radius 3 is 2.93 bits per heavy atom. The number of nitrogens with zero attached hydrogens (tertiary/aromatic N) is 6. The first-order chi connectivity index (χ1) is 14.6. The van der Waals surface area contributed by atoms with Gasteiger partial charge in [0.1, 0.15) is 17.8 Å². The molecule has 1 aliphatic heterocycles. The Hall–Kier alpha value is -2.40. The Kier molecular flexibility index (Phi) is 5.23. The summed E-state index contributed by atoms with van der Waals surface area (Å²) in [5, 5.41) is 5.27. The molecule has 11 heteroatoms. The first kappa shape index (κ1) is 19.6. The van der Waals surface area contributed by atoms with Crippen LogP contribution in [-0.4, -0.2) is 67.2 Å². The first-order valence-electron chi connectivity index (χ1n) is 10.2. The number of hydrogen-bond donors (Lipinski definition) is 2. The molecule has 30 heavy (non-hydrogen) atoms. The number of aromatic nitrogens is 5. The van der Waals surface area contributed by atoms with Gasteiger partial charge in [-0.2, -0.15) is 9.36 Å². The fourth-order valence-corrected chi connectivity index (χ4v) is 5.94. The van der Waals surface area contributed by atoms with Crippen molar-refractivity contribution in [2.45, 2.75) is 31.0 Å². The Balaban J connectivity index is 1.20. The van der Waals surface area contributed by atoms with Crippen molar-refractivity contribution >= 4 is 51.3 Å². The molecular formula is C19H24N8OS2. The zero-order chi connectivity index (χ0) is 20.7. The van der Waals surface area contributed by atoms with Crippen LogP contribution in [0.3, 0.4) is 0 Å². The maximum absolute atomic E-state index is 12.7. The molecule has 3 atom stereocenters. The van der Waals surface area contributed by atoms with Gasteiger partial charge in [0.15, 0.2) is 0 Å². The van der Waals surface area contributed by atoms with Crippen LogP contribution in [0.4, 0.5) is 15.7 Å². The summed E-state index contributed by atoms with van der Waals surface area (Å²) in [6.07, 6.45) is 5.65. The van der Waals surface area contributed by atoms with Gasteiger partial charge in [-0.15, -0.1) is 0 Å². The smallest absolute Gasteiger partial charge is 0.323 e. The molecule has 2 amide bonds. The number of hydrogen-bond acceptors (Lipinski definition) is 8. The van der Waals surface area contributed by atoms with Crippen molar-refractivity contribution in [1.29, 1.82) is 0 Å². The predicted octanol–water partition coefficient (Wildman–Crippen LogP) is 3.30. The van der Waals surface area contributed by atoms with Crippen molar-refractivity contribution in [2.24, 2.45) is 11.8 Å². The number of anilines is 2. The Morgan fingerprint density at radius 2 is 2.17 bits per heavy atom. The summed E-state index contributed by atoms with van der Waals surface area (Å²) in [6, 6.07) is 2.39. The van der Waals surface area contributed by atoms with Crippen LogP contribution in [0.5, 0.6) is 0 Å². The van der Waals surface area contributed by atoms with Crippen molar-refractivity contribution in [3.8, 4) is 0 Å². The summed E-state index contributed by atoms with van der Waals surface area (Å²) in [4.78, 5) is 33.2. The lowest BCUT2D eigenvalue weighted by Gasteiger charge is -2.27. The molecule has 9 nitrogen and oxygen atoms in total. The summed E-state index contributed by atoms with van der Waals surface area (Å²) in [5.41, 5.74) is 0.866. The van der Waals surface area contributed by atoms with Gasteiger partial charge in [0.25, 0.3) is 0 Å². The average molecular weight is 445 g/mol. The van der Waals surface area contributed by atoms with E-state index >= 15 is 0 Å². The Morgan fingerprint density at radius 1 is 1.37 bits per heavy atom. The lowest BCUT2D eigenvalue weighted by atomic mass is 10.0. The number of likely N-dealkylation sites (tertiary alicyclic amines) is 1. The molecule has 1 saturated heterocycles. The van der Waals surface area contributed by atoms with Crippen molar-refractivity contribution in [1.82, 2.24) is 29.2 Å². The van der Waals surface area contributed by atoms with Gasteiger partial charge in [0.05, 0.1) is 5.39 Å². The maximum Gasteiger partial charge on any atom is 0.323 e. The Labute approximate surface area is 182 Å². The number of rotatable bonds is 5. The van der Waals surface area contributed by atoms with E-state index in [4.69, 9.17) is 0 Å². The molecule has 3 aromatic rings. The third-order valence-corrected chi connectivity index (χ3v) is 7.60. The average Bonchev–Trinajstić information content (AvgIpc) is 3.50. The molecule has 5 rings (SSSR count). The quantitative estimate of drug-likeness (QED) is 0.582. The van der Waals surface area contributed by atoms with Crippen LogP contribution >= 0.6 is 23.3 Å². The van der Waals surface area contributed by atoms with E-state index in [1.807, 2.05) is 17.2 Å². The molecular weight excluding hydrogens is 420 g/mol. The van der Waals surface area contributed by atoms with Gasteiger partial charge in [0, 0.05) is 43.9 Å². The van der Waals surface area contributed by atoms with Crippen LogP contribution in [-0.2, 0) is 0 Å². The van der Waals surface area contributed by atoms with E-state index in [-0.39, 0.29) is 6.03 Å². The molecule has 4 heterocycles. The summed E-state index contributed by atoms with van der Waals surface area (Å²) in [5.74, 6) is 2.93. The monoisotopic (exact) mass is 444 g/mol. The molecule has 3 aromatic heterocycles. The Bertz CT molecular complexity index is 1040. The number of amides is 2. The highest BCUT2D eigenvalue weighted by Gasteiger charge is 2.44. The number of thioether (sulfide) groups is 1. The van der Waals surface area contributed by atoms with Crippen LogP contribution in [0.15, 0.2) is 23.7 Å². The summed E-state index contributed by atoms with van der Waals surface area (Å²) in [7, 11) is 2.12. The van der Waals surface area contributed by atoms with Gasteiger partial charge in [0.2, 0.25) is 10.3 Å². The second-order valence-electron chi connectivity index (χ2n) is 7.84. The van der Waals surface area contributed by atoms with Crippen molar-refractivity contribution in [3.63, 3.8) is 0 Å². The topological polar surface area (TPSA) is 103 Å². The highest BCUT2D eigenvalue weighted by Crippen LogP contribution is 2.41. The van der Waals surface area contributed by atoms with Gasteiger partial charge in [-0.1, -0.05) is 18.7 Å². The molecule has 158 valence electrons. The van der Waals surface area contributed by atoms with Crippen molar-refractivity contribution in [3.05, 3.63) is 18.6 Å². The number of aromatic amines is 1. The molecule has 0 aromatic carbocycles. The standard InChI is InChI=1S/C19H24N8OS2/c1-3-29-18-23-17(30-25-18)24-19(28)27-8-11-6-13(7-12(11)9-27)26(2)16-14-4-5-20-15(14)21-10-22-16/h4-5,10-13H,3,6-9H2,1-2H3,(H,20,21,22)(H,23,24,25,28)/t11-,12+,13?. The van der Waals surface area contributed by atoms with Gasteiger partial charge < -0.3 is 14.8 Å². The number of carbonyl (C=O) groups is 1. The lowest BCUT2D eigenvalue weighted by Crippen LogP contribution is -2.36. The number of carbonyl (C=O) groups excluding carboxylic acids is 1. The molecule has 1 aliphatic carbocycles. The zero-order valence-corrected chi connectivity index (χ0v) is 18.5. The van der Waals surface area contributed by atoms with Gasteiger partial charge >= 0.3 is 6.03 Å². The highest BCUT2D eigenvalue weighted by atomic mass is 32.2. The predicted molar refractivity (Wildman–Crippen MR) is 119 cm³/mol. The number of nitrogens with one attached hydrogen (secondary N) is 2. The van der Waals surface area contributed by atoms with Crippen LogP contribution in [0.25, 0.3) is 11.0 Å². The van der Waals surface area contributed by atoms with Crippen LogP contribution in [0.1, 0.15) is 19.8 Å². The fraction of sp³-hybridized carbons (Fsp3) is 0.526. The van der Waals surface area contributed by atoms with Gasteiger partial charge in [-0.25, -0.2) is 14.8 Å². The second kappa shape index (κ2) is 8.03. The molecule has 0 spiro atoms. The zero-order valence-electron chi connectivity index (χ0n) is 16.9.